The molecule has 122 valence electrons. The molecule has 1 aromatic heterocycles. The third-order valence-electron chi connectivity index (χ3n) is 4.30. The van der Waals surface area contributed by atoms with Gasteiger partial charge < -0.3 is 16.4 Å². The topological polar surface area (TPSA) is 90.2 Å². The highest BCUT2D eigenvalue weighted by atomic mass is 16.1. The fourth-order valence-corrected chi connectivity index (χ4v) is 3.02. The second-order valence-electron chi connectivity index (χ2n) is 6.12. The summed E-state index contributed by atoms with van der Waals surface area (Å²) in [5.74, 6) is 0.239. The lowest BCUT2D eigenvalue weighted by atomic mass is 10.1. The second kappa shape index (κ2) is 6.93. The zero-order valence-corrected chi connectivity index (χ0v) is 13.2. The maximum atomic E-state index is 11.8. The Labute approximate surface area is 135 Å². The van der Waals surface area contributed by atoms with E-state index in [-0.39, 0.29) is 11.5 Å². The smallest absolute Gasteiger partial charge is 0.354 e. The summed E-state index contributed by atoms with van der Waals surface area (Å²) in [5.41, 5.74) is 13.2. The SMILES string of the molecule is Nc1ccn(-c2ccc(CCN3CCCC(N)C3)cc2)c(=O)n1. The van der Waals surface area contributed by atoms with Gasteiger partial charge in [0.2, 0.25) is 0 Å². The van der Waals surface area contributed by atoms with Crippen molar-refractivity contribution in [1.82, 2.24) is 14.5 Å². The molecule has 6 nitrogen and oxygen atoms in total. The molecular weight excluding hydrogens is 290 g/mol. The molecule has 1 atom stereocenters. The van der Waals surface area contributed by atoms with Crippen molar-refractivity contribution in [2.75, 3.05) is 25.4 Å². The van der Waals surface area contributed by atoms with Gasteiger partial charge in [-0.25, -0.2) is 4.79 Å². The molecule has 0 radical (unpaired) electrons. The van der Waals surface area contributed by atoms with E-state index >= 15 is 0 Å². The quantitative estimate of drug-likeness (QED) is 0.870. The fraction of sp³-hybridized carbons (Fsp3) is 0.412. The molecule has 4 N–H and O–H groups in total. The van der Waals surface area contributed by atoms with Crippen LogP contribution >= 0.6 is 0 Å². The van der Waals surface area contributed by atoms with E-state index in [2.05, 4.69) is 22.0 Å². The molecule has 1 unspecified atom stereocenters. The number of nitrogens with zero attached hydrogens (tertiary/aromatic N) is 3. The molecular formula is C17H23N5O. The van der Waals surface area contributed by atoms with Gasteiger partial charge in [0.05, 0.1) is 5.69 Å². The molecule has 1 aliphatic rings. The van der Waals surface area contributed by atoms with Crippen molar-refractivity contribution in [2.45, 2.75) is 25.3 Å². The van der Waals surface area contributed by atoms with Crippen molar-refractivity contribution in [3.8, 4) is 5.69 Å². The van der Waals surface area contributed by atoms with Crippen LogP contribution in [0.4, 0.5) is 5.82 Å². The molecule has 0 saturated carbocycles. The van der Waals surface area contributed by atoms with Gasteiger partial charge in [-0.05, 0) is 49.6 Å². The lowest BCUT2D eigenvalue weighted by Crippen LogP contribution is -2.43. The van der Waals surface area contributed by atoms with Crippen molar-refractivity contribution in [3.63, 3.8) is 0 Å². The van der Waals surface area contributed by atoms with Gasteiger partial charge in [0.1, 0.15) is 5.82 Å². The van der Waals surface area contributed by atoms with Gasteiger partial charge in [-0.1, -0.05) is 12.1 Å². The van der Waals surface area contributed by atoms with Crippen LogP contribution in [0.1, 0.15) is 18.4 Å². The van der Waals surface area contributed by atoms with Crippen LogP contribution in [-0.4, -0.2) is 40.1 Å². The zero-order valence-electron chi connectivity index (χ0n) is 13.2. The first-order valence-electron chi connectivity index (χ1n) is 8.04. The Bertz CT molecular complexity index is 710. The Morgan fingerprint density at radius 1 is 1.22 bits per heavy atom. The van der Waals surface area contributed by atoms with Crippen LogP contribution < -0.4 is 17.2 Å². The van der Waals surface area contributed by atoms with Gasteiger partial charge >= 0.3 is 5.69 Å². The largest absolute Gasteiger partial charge is 0.383 e. The summed E-state index contributed by atoms with van der Waals surface area (Å²) in [5, 5.41) is 0. The van der Waals surface area contributed by atoms with E-state index in [0.29, 0.717) is 6.04 Å². The van der Waals surface area contributed by atoms with Gasteiger partial charge in [-0.15, -0.1) is 0 Å². The Morgan fingerprint density at radius 2 is 2.00 bits per heavy atom. The number of anilines is 1. The Hall–Kier alpha value is -2.18. The second-order valence-corrected chi connectivity index (χ2v) is 6.12. The van der Waals surface area contributed by atoms with Gasteiger partial charge in [-0.2, -0.15) is 4.98 Å². The molecule has 3 rings (SSSR count). The molecule has 1 aliphatic heterocycles. The lowest BCUT2D eigenvalue weighted by Gasteiger charge is -2.30. The molecule has 2 heterocycles. The van der Waals surface area contributed by atoms with Crippen LogP contribution in [0.15, 0.2) is 41.3 Å². The van der Waals surface area contributed by atoms with E-state index in [0.717, 1.165) is 38.2 Å². The summed E-state index contributed by atoms with van der Waals surface area (Å²) in [6, 6.07) is 9.93. The molecule has 2 aromatic rings. The van der Waals surface area contributed by atoms with E-state index < -0.39 is 0 Å². The Morgan fingerprint density at radius 3 is 2.70 bits per heavy atom. The van der Waals surface area contributed by atoms with Gasteiger partial charge in [0, 0.05) is 25.3 Å². The number of likely N-dealkylation sites (tertiary alicyclic amines) is 1. The average Bonchev–Trinajstić information content (AvgIpc) is 2.54. The summed E-state index contributed by atoms with van der Waals surface area (Å²) < 4.78 is 1.49. The number of rotatable bonds is 4. The van der Waals surface area contributed by atoms with Crippen LogP contribution in [0.3, 0.4) is 0 Å². The summed E-state index contributed by atoms with van der Waals surface area (Å²) in [6.45, 7) is 3.15. The van der Waals surface area contributed by atoms with Crippen LogP contribution in [0, 0.1) is 0 Å². The molecule has 0 aliphatic carbocycles. The number of benzene rings is 1. The van der Waals surface area contributed by atoms with E-state index in [9.17, 15) is 4.79 Å². The fourth-order valence-electron chi connectivity index (χ4n) is 3.02. The van der Waals surface area contributed by atoms with Crippen molar-refractivity contribution in [3.05, 3.63) is 52.6 Å². The maximum absolute atomic E-state index is 11.8. The number of piperidine rings is 1. The highest BCUT2D eigenvalue weighted by molar-refractivity contribution is 5.36. The summed E-state index contributed by atoms with van der Waals surface area (Å²) in [7, 11) is 0. The molecule has 6 heteroatoms. The predicted molar refractivity (Wildman–Crippen MR) is 91.6 cm³/mol. The van der Waals surface area contributed by atoms with Crippen LogP contribution in [0.25, 0.3) is 5.69 Å². The molecule has 1 fully saturated rings. The third-order valence-corrected chi connectivity index (χ3v) is 4.30. The molecule has 23 heavy (non-hydrogen) atoms. The van der Waals surface area contributed by atoms with Crippen molar-refractivity contribution in [2.24, 2.45) is 5.73 Å². The van der Waals surface area contributed by atoms with Gasteiger partial charge in [-0.3, -0.25) is 4.57 Å². The first kappa shape index (κ1) is 15.7. The highest BCUT2D eigenvalue weighted by Crippen LogP contribution is 2.12. The summed E-state index contributed by atoms with van der Waals surface area (Å²) in [6.07, 6.45) is 4.96. The summed E-state index contributed by atoms with van der Waals surface area (Å²) in [4.78, 5) is 18.0. The average molecular weight is 313 g/mol. The van der Waals surface area contributed by atoms with Crippen molar-refractivity contribution in [1.29, 1.82) is 0 Å². The van der Waals surface area contributed by atoms with Gasteiger partial charge in [0.15, 0.2) is 0 Å². The lowest BCUT2D eigenvalue weighted by molar-refractivity contribution is 0.211. The van der Waals surface area contributed by atoms with Crippen molar-refractivity contribution >= 4 is 5.82 Å². The number of nitrogen functional groups attached to an aromatic ring is 1. The highest BCUT2D eigenvalue weighted by Gasteiger charge is 2.15. The van der Waals surface area contributed by atoms with E-state index in [1.807, 2.05) is 12.1 Å². The monoisotopic (exact) mass is 313 g/mol. The number of hydrogen-bond acceptors (Lipinski definition) is 5. The molecule has 1 saturated heterocycles. The number of aromatic nitrogens is 2. The maximum Gasteiger partial charge on any atom is 0.354 e. The standard InChI is InChI=1S/C17H23N5O/c18-14-2-1-9-21(12-14)10-7-13-3-5-15(6-4-13)22-11-8-16(19)20-17(22)23/h3-6,8,11,14H,1-2,7,9-10,12,18H2,(H2,19,20,23). The normalized spacial score (nSPS) is 18.9. The number of hydrogen-bond donors (Lipinski definition) is 2. The minimum atomic E-state index is -0.361. The van der Waals surface area contributed by atoms with Crippen LogP contribution in [0.5, 0.6) is 0 Å². The number of nitrogens with two attached hydrogens (primary N) is 2. The zero-order chi connectivity index (χ0) is 16.2. The van der Waals surface area contributed by atoms with Gasteiger partial charge in [0.25, 0.3) is 0 Å². The summed E-state index contributed by atoms with van der Waals surface area (Å²) >= 11 is 0. The molecule has 0 spiro atoms. The van der Waals surface area contributed by atoms with Crippen LogP contribution in [0.2, 0.25) is 0 Å². The Balaban J connectivity index is 1.64. The van der Waals surface area contributed by atoms with E-state index in [4.69, 9.17) is 11.5 Å². The van der Waals surface area contributed by atoms with E-state index in [1.54, 1.807) is 12.3 Å². The van der Waals surface area contributed by atoms with Crippen molar-refractivity contribution < 1.29 is 0 Å². The minimum Gasteiger partial charge on any atom is -0.383 e. The van der Waals surface area contributed by atoms with E-state index in [1.165, 1.54) is 16.6 Å². The third kappa shape index (κ3) is 3.97. The Kier molecular flexibility index (Phi) is 4.73. The molecule has 1 aromatic carbocycles. The first-order valence-corrected chi connectivity index (χ1v) is 8.04. The first-order chi connectivity index (χ1) is 11.1. The van der Waals surface area contributed by atoms with Crippen LogP contribution in [-0.2, 0) is 6.42 Å². The minimum absolute atomic E-state index is 0.239. The molecule has 0 amide bonds. The molecule has 0 bridgehead atoms. The predicted octanol–water partition coefficient (Wildman–Crippen LogP) is 0.780.